The van der Waals surface area contributed by atoms with E-state index in [9.17, 15) is 21.6 Å². The molecule has 0 aliphatic carbocycles. The van der Waals surface area contributed by atoms with E-state index in [2.05, 4.69) is 5.10 Å². The fourth-order valence-electron chi connectivity index (χ4n) is 1.97. The number of aromatic nitrogens is 2. The normalized spacial score (nSPS) is 12.6. The van der Waals surface area contributed by atoms with E-state index in [0.29, 0.717) is 4.68 Å². The minimum atomic E-state index is -4.40. The lowest BCUT2D eigenvalue weighted by Crippen LogP contribution is -2.17. The summed E-state index contributed by atoms with van der Waals surface area (Å²) in [5, 5.41) is 3.59. The maximum Gasteiger partial charge on any atom is 0.408 e. The van der Waals surface area contributed by atoms with E-state index < -0.39 is 22.6 Å². The zero-order chi connectivity index (χ0) is 15.8. The minimum Gasteiger partial charge on any atom is -0.398 e. The Bertz CT molecular complexity index is 766. The van der Waals surface area contributed by atoms with Crippen LogP contribution in [0.5, 0.6) is 0 Å². The third-order valence-corrected chi connectivity index (χ3v) is 3.90. The SMILES string of the molecule is CS(=O)(=O)c1c(N)cccc1-c1cnn(CC(F)(F)F)c1. The van der Waals surface area contributed by atoms with Crippen LogP contribution in [-0.2, 0) is 16.4 Å². The summed E-state index contributed by atoms with van der Waals surface area (Å²) in [6, 6.07) is 4.42. The zero-order valence-electron chi connectivity index (χ0n) is 10.9. The highest BCUT2D eigenvalue weighted by atomic mass is 32.2. The number of hydrogen-bond acceptors (Lipinski definition) is 4. The Morgan fingerprint density at radius 1 is 1.33 bits per heavy atom. The Morgan fingerprint density at radius 3 is 2.57 bits per heavy atom. The van der Waals surface area contributed by atoms with Crippen molar-refractivity contribution in [1.82, 2.24) is 9.78 Å². The first-order valence-electron chi connectivity index (χ1n) is 5.76. The van der Waals surface area contributed by atoms with Crippen LogP contribution in [0.1, 0.15) is 0 Å². The fraction of sp³-hybridized carbons (Fsp3) is 0.250. The maximum atomic E-state index is 12.3. The second-order valence-electron chi connectivity index (χ2n) is 4.54. The van der Waals surface area contributed by atoms with Crippen LogP contribution in [0.3, 0.4) is 0 Å². The molecule has 2 rings (SSSR count). The van der Waals surface area contributed by atoms with Gasteiger partial charge in [-0.15, -0.1) is 0 Å². The van der Waals surface area contributed by atoms with E-state index in [1.54, 1.807) is 0 Å². The molecule has 0 unspecified atom stereocenters. The molecule has 1 heterocycles. The van der Waals surface area contributed by atoms with Gasteiger partial charge < -0.3 is 5.73 Å². The van der Waals surface area contributed by atoms with Gasteiger partial charge in [0, 0.05) is 23.6 Å². The average Bonchev–Trinajstić information content (AvgIpc) is 2.72. The Hall–Kier alpha value is -2.03. The van der Waals surface area contributed by atoms with Crippen LogP contribution in [-0.4, -0.2) is 30.6 Å². The third-order valence-electron chi connectivity index (χ3n) is 2.70. The predicted molar refractivity (Wildman–Crippen MR) is 71.2 cm³/mol. The number of nitrogen functional groups attached to an aromatic ring is 1. The summed E-state index contributed by atoms with van der Waals surface area (Å²) >= 11 is 0. The standard InChI is InChI=1S/C12H12F3N3O2S/c1-21(19,20)11-9(3-2-4-10(11)16)8-5-17-18(6-8)7-12(13,14)15/h2-6H,7,16H2,1H3. The van der Waals surface area contributed by atoms with Gasteiger partial charge in [-0.05, 0) is 6.07 Å². The molecule has 0 radical (unpaired) electrons. The van der Waals surface area contributed by atoms with Crippen LogP contribution < -0.4 is 5.73 Å². The average molecular weight is 319 g/mol. The molecule has 0 fully saturated rings. The van der Waals surface area contributed by atoms with Crippen molar-refractivity contribution in [2.24, 2.45) is 0 Å². The highest BCUT2D eigenvalue weighted by Gasteiger charge is 2.28. The van der Waals surface area contributed by atoms with Gasteiger partial charge in [0.15, 0.2) is 9.84 Å². The first kappa shape index (κ1) is 15.4. The van der Waals surface area contributed by atoms with Crippen LogP contribution in [0.2, 0.25) is 0 Å². The van der Waals surface area contributed by atoms with Crippen molar-refractivity contribution in [2.45, 2.75) is 17.6 Å². The molecule has 0 aliphatic heterocycles. The summed E-state index contributed by atoms with van der Waals surface area (Å²) in [7, 11) is -3.62. The van der Waals surface area contributed by atoms with Crippen molar-refractivity contribution in [2.75, 3.05) is 12.0 Å². The number of rotatable bonds is 3. The number of halogens is 3. The van der Waals surface area contributed by atoms with Crippen LogP contribution in [0.25, 0.3) is 11.1 Å². The van der Waals surface area contributed by atoms with Gasteiger partial charge >= 0.3 is 6.18 Å². The maximum absolute atomic E-state index is 12.3. The summed E-state index contributed by atoms with van der Waals surface area (Å²) in [6.07, 6.45) is -1.10. The molecule has 1 aromatic carbocycles. The van der Waals surface area contributed by atoms with Gasteiger partial charge in [0.1, 0.15) is 6.54 Å². The van der Waals surface area contributed by atoms with Crippen molar-refractivity contribution >= 4 is 15.5 Å². The first-order valence-corrected chi connectivity index (χ1v) is 7.65. The summed E-state index contributed by atoms with van der Waals surface area (Å²) in [4.78, 5) is -0.114. The summed E-state index contributed by atoms with van der Waals surface area (Å²) in [5.41, 5.74) is 6.19. The molecule has 0 spiro atoms. The van der Waals surface area contributed by atoms with Gasteiger partial charge in [0.25, 0.3) is 0 Å². The van der Waals surface area contributed by atoms with Gasteiger partial charge in [0.2, 0.25) is 0 Å². The van der Waals surface area contributed by atoms with Crippen molar-refractivity contribution in [3.8, 4) is 11.1 Å². The minimum absolute atomic E-state index is 0.0403. The molecule has 0 saturated heterocycles. The van der Waals surface area contributed by atoms with Crippen LogP contribution in [0, 0.1) is 0 Å². The van der Waals surface area contributed by atoms with E-state index in [1.807, 2.05) is 0 Å². The molecule has 0 bridgehead atoms. The lowest BCUT2D eigenvalue weighted by molar-refractivity contribution is -0.142. The van der Waals surface area contributed by atoms with Crippen LogP contribution >= 0.6 is 0 Å². The van der Waals surface area contributed by atoms with E-state index in [1.165, 1.54) is 24.4 Å². The number of anilines is 1. The molecule has 0 atom stereocenters. The van der Waals surface area contributed by atoms with Gasteiger partial charge in [-0.1, -0.05) is 12.1 Å². The van der Waals surface area contributed by atoms with Gasteiger partial charge in [-0.3, -0.25) is 4.68 Å². The molecule has 0 saturated carbocycles. The molecular formula is C12H12F3N3O2S. The quantitative estimate of drug-likeness (QED) is 0.879. The Kier molecular flexibility index (Phi) is 3.70. The third kappa shape index (κ3) is 3.54. The van der Waals surface area contributed by atoms with E-state index in [0.717, 1.165) is 12.5 Å². The van der Waals surface area contributed by atoms with Crippen LogP contribution in [0.4, 0.5) is 18.9 Å². The Morgan fingerprint density at radius 2 is 2.00 bits per heavy atom. The lowest BCUT2D eigenvalue weighted by atomic mass is 10.1. The van der Waals surface area contributed by atoms with Crippen molar-refractivity contribution < 1.29 is 21.6 Å². The van der Waals surface area contributed by atoms with Crippen molar-refractivity contribution in [3.05, 3.63) is 30.6 Å². The lowest BCUT2D eigenvalue weighted by Gasteiger charge is -2.09. The molecule has 0 aliphatic rings. The fourth-order valence-corrected chi connectivity index (χ4v) is 3.05. The predicted octanol–water partition coefficient (Wildman–Crippen LogP) is 2.10. The molecular weight excluding hydrogens is 307 g/mol. The van der Waals surface area contributed by atoms with Gasteiger partial charge in [-0.2, -0.15) is 18.3 Å². The summed E-state index contributed by atoms with van der Waals surface area (Å²) in [6.45, 7) is -1.25. The highest BCUT2D eigenvalue weighted by molar-refractivity contribution is 7.91. The molecule has 114 valence electrons. The summed E-state index contributed by atoms with van der Waals surface area (Å²) in [5.74, 6) is 0. The molecule has 1 aromatic heterocycles. The van der Waals surface area contributed by atoms with Gasteiger partial charge in [-0.25, -0.2) is 8.42 Å². The number of benzene rings is 1. The second-order valence-corrected chi connectivity index (χ2v) is 6.49. The topological polar surface area (TPSA) is 78.0 Å². The molecule has 2 N–H and O–H groups in total. The Labute approximate surface area is 119 Å². The van der Waals surface area contributed by atoms with Crippen LogP contribution in [0.15, 0.2) is 35.5 Å². The summed E-state index contributed by atoms with van der Waals surface area (Å²) < 4.78 is 61.2. The zero-order valence-corrected chi connectivity index (χ0v) is 11.7. The molecule has 2 aromatic rings. The van der Waals surface area contributed by atoms with Crippen molar-refractivity contribution in [3.63, 3.8) is 0 Å². The smallest absolute Gasteiger partial charge is 0.398 e. The van der Waals surface area contributed by atoms with Crippen molar-refractivity contribution in [1.29, 1.82) is 0 Å². The molecule has 21 heavy (non-hydrogen) atoms. The number of alkyl halides is 3. The molecule has 9 heteroatoms. The molecule has 5 nitrogen and oxygen atoms in total. The number of nitrogens with two attached hydrogens (primary N) is 1. The van der Waals surface area contributed by atoms with E-state index >= 15 is 0 Å². The monoisotopic (exact) mass is 319 g/mol. The highest BCUT2D eigenvalue weighted by Crippen LogP contribution is 2.31. The Balaban J connectivity index is 2.52. The number of sulfone groups is 1. The van der Waals surface area contributed by atoms with E-state index in [-0.39, 0.29) is 21.7 Å². The largest absolute Gasteiger partial charge is 0.408 e. The number of hydrogen-bond donors (Lipinski definition) is 1. The second kappa shape index (κ2) is 5.06. The van der Waals surface area contributed by atoms with Gasteiger partial charge in [0.05, 0.1) is 16.8 Å². The molecule has 0 amide bonds. The first-order chi connectivity index (χ1) is 9.58. The van der Waals surface area contributed by atoms with E-state index in [4.69, 9.17) is 5.73 Å². The number of nitrogens with zero attached hydrogens (tertiary/aromatic N) is 2.